The number of alkyl halides is 2. The van der Waals surface area contributed by atoms with Gasteiger partial charge in [0.15, 0.2) is 11.6 Å². The van der Waals surface area contributed by atoms with Crippen LogP contribution in [0.5, 0.6) is 11.6 Å². The summed E-state index contributed by atoms with van der Waals surface area (Å²) >= 11 is 1.36. The molecule has 1 fully saturated rings. The van der Waals surface area contributed by atoms with Crippen molar-refractivity contribution < 1.29 is 22.6 Å². The van der Waals surface area contributed by atoms with Crippen LogP contribution in [0.2, 0.25) is 0 Å². The molecule has 0 spiro atoms. The highest BCUT2D eigenvalue weighted by Gasteiger charge is 2.37. The smallest absolute Gasteiger partial charge is 0.251 e. The number of methoxy groups -OCH3 is 1. The Labute approximate surface area is 186 Å². The molecule has 32 heavy (non-hydrogen) atoms. The van der Waals surface area contributed by atoms with Crippen LogP contribution in [0, 0.1) is 12.7 Å². The lowest BCUT2D eigenvalue weighted by atomic mass is 9.94. The number of ether oxygens (including phenoxy) is 2. The van der Waals surface area contributed by atoms with Crippen LogP contribution in [0.25, 0.3) is 31.8 Å². The van der Waals surface area contributed by atoms with E-state index in [2.05, 4.69) is 15.0 Å². The predicted octanol–water partition coefficient (Wildman–Crippen LogP) is 6.32. The fraction of sp³-hybridized carbons (Fsp3) is 0.348. The minimum atomic E-state index is -2.77. The maximum atomic E-state index is 14.7. The molecular weight excluding hydrogens is 439 g/mol. The molecule has 5 nitrogen and oxygen atoms in total. The molecule has 2 aromatic heterocycles. The van der Waals surface area contributed by atoms with Crippen LogP contribution in [0.1, 0.15) is 31.2 Å². The molecule has 2 heterocycles. The summed E-state index contributed by atoms with van der Waals surface area (Å²) in [6.45, 7) is 1.95. The molecule has 1 atom stereocenters. The first-order valence-corrected chi connectivity index (χ1v) is 11.1. The SMILES string of the molecule is COc1cnc2c(-c3nc4cc(F)c(O[C@H]5CCCC(F)(F)C5)cc4s3)cc(C)cc2n1. The van der Waals surface area contributed by atoms with Gasteiger partial charge >= 0.3 is 0 Å². The van der Waals surface area contributed by atoms with Gasteiger partial charge in [0, 0.05) is 30.5 Å². The summed E-state index contributed by atoms with van der Waals surface area (Å²) in [5.74, 6) is -2.98. The molecule has 0 N–H and O–H groups in total. The number of aromatic nitrogens is 3. The van der Waals surface area contributed by atoms with Gasteiger partial charge in [0.2, 0.25) is 5.88 Å². The van der Waals surface area contributed by atoms with E-state index in [1.807, 2.05) is 19.1 Å². The summed E-state index contributed by atoms with van der Waals surface area (Å²) < 4.78 is 53.6. The van der Waals surface area contributed by atoms with Gasteiger partial charge in [0.1, 0.15) is 11.1 Å². The summed E-state index contributed by atoms with van der Waals surface area (Å²) in [7, 11) is 1.53. The lowest BCUT2D eigenvalue weighted by molar-refractivity contribution is -0.0701. The summed E-state index contributed by atoms with van der Waals surface area (Å²) in [6, 6.07) is 6.70. The molecule has 5 rings (SSSR count). The van der Waals surface area contributed by atoms with E-state index < -0.39 is 24.3 Å². The quantitative estimate of drug-likeness (QED) is 0.357. The molecule has 1 saturated carbocycles. The molecule has 0 bridgehead atoms. The van der Waals surface area contributed by atoms with Gasteiger partial charge in [0.05, 0.1) is 34.6 Å². The minimum absolute atomic E-state index is 0.0194. The Morgan fingerprint density at radius 2 is 1.97 bits per heavy atom. The Kier molecular flexibility index (Phi) is 5.16. The van der Waals surface area contributed by atoms with Crippen molar-refractivity contribution in [1.29, 1.82) is 0 Å². The van der Waals surface area contributed by atoms with Gasteiger partial charge in [-0.05, 0) is 37.5 Å². The zero-order valence-electron chi connectivity index (χ0n) is 17.5. The van der Waals surface area contributed by atoms with Gasteiger partial charge in [-0.3, -0.25) is 0 Å². The Bertz CT molecular complexity index is 1330. The van der Waals surface area contributed by atoms with Crippen LogP contribution in [-0.2, 0) is 0 Å². The van der Waals surface area contributed by atoms with Gasteiger partial charge in [-0.1, -0.05) is 0 Å². The highest BCUT2D eigenvalue weighted by molar-refractivity contribution is 7.21. The minimum Gasteiger partial charge on any atom is -0.487 e. The lowest BCUT2D eigenvalue weighted by Gasteiger charge is -2.29. The molecule has 0 saturated heterocycles. The van der Waals surface area contributed by atoms with Crippen LogP contribution in [0.3, 0.4) is 0 Å². The van der Waals surface area contributed by atoms with E-state index in [0.717, 1.165) is 11.1 Å². The van der Waals surface area contributed by atoms with E-state index in [-0.39, 0.29) is 12.2 Å². The molecule has 166 valence electrons. The van der Waals surface area contributed by atoms with Crippen LogP contribution in [-0.4, -0.2) is 34.1 Å². The molecule has 0 radical (unpaired) electrons. The number of nitrogens with zero attached hydrogens (tertiary/aromatic N) is 3. The van der Waals surface area contributed by atoms with Crippen molar-refractivity contribution in [2.45, 2.75) is 44.6 Å². The van der Waals surface area contributed by atoms with Crippen LogP contribution in [0.15, 0.2) is 30.5 Å². The summed E-state index contributed by atoms with van der Waals surface area (Å²) in [5, 5.41) is 0.661. The van der Waals surface area contributed by atoms with Crippen molar-refractivity contribution in [2.75, 3.05) is 7.11 Å². The number of aryl methyl sites for hydroxylation is 1. The first kappa shape index (κ1) is 20.9. The first-order chi connectivity index (χ1) is 15.3. The van der Waals surface area contributed by atoms with Gasteiger partial charge < -0.3 is 9.47 Å². The van der Waals surface area contributed by atoms with E-state index in [0.29, 0.717) is 45.0 Å². The second-order valence-corrected chi connectivity index (χ2v) is 9.08. The zero-order chi connectivity index (χ0) is 22.5. The Balaban J connectivity index is 1.53. The number of hydrogen-bond donors (Lipinski definition) is 0. The van der Waals surface area contributed by atoms with Gasteiger partial charge in [-0.15, -0.1) is 11.3 Å². The Morgan fingerprint density at radius 3 is 2.75 bits per heavy atom. The van der Waals surface area contributed by atoms with Crippen molar-refractivity contribution in [3.05, 3.63) is 41.8 Å². The third kappa shape index (κ3) is 3.97. The molecule has 1 aliphatic carbocycles. The van der Waals surface area contributed by atoms with Crippen molar-refractivity contribution >= 4 is 32.6 Å². The average Bonchev–Trinajstić information content (AvgIpc) is 3.14. The standard InChI is InChI=1S/C23H20F3N3O2S/c1-12-6-14(21-17(7-12)28-20(30-2)11-27-21)22-29-16-8-15(24)18(9-19(16)32-22)31-13-4-3-5-23(25,26)10-13/h6-9,11,13H,3-5,10H2,1-2H3/t13-/m0/s1. The van der Waals surface area contributed by atoms with Crippen molar-refractivity contribution in [2.24, 2.45) is 0 Å². The molecule has 0 aliphatic heterocycles. The third-order valence-corrected chi connectivity index (χ3v) is 6.59. The number of fused-ring (bicyclic) bond motifs is 2. The largest absolute Gasteiger partial charge is 0.487 e. The average molecular weight is 459 g/mol. The summed E-state index contributed by atoms with van der Waals surface area (Å²) in [4.78, 5) is 13.5. The highest BCUT2D eigenvalue weighted by Crippen LogP contribution is 2.39. The van der Waals surface area contributed by atoms with E-state index in [1.54, 1.807) is 12.3 Å². The van der Waals surface area contributed by atoms with Gasteiger partial charge in [-0.2, -0.15) is 0 Å². The summed E-state index contributed by atoms with van der Waals surface area (Å²) in [6.07, 6.45) is 1.14. The molecular formula is C23H20F3N3O2S. The third-order valence-electron chi connectivity index (χ3n) is 5.54. The predicted molar refractivity (Wildman–Crippen MR) is 117 cm³/mol. The van der Waals surface area contributed by atoms with E-state index >= 15 is 0 Å². The highest BCUT2D eigenvalue weighted by atomic mass is 32.1. The normalized spacial score (nSPS) is 18.2. The fourth-order valence-electron chi connectivity index (χ4n) is 4.05. The Hall–Kier alpha value is -2.94. The second-order valence-electron chi connectivity index (χ2n) is 8.05. The van der Waals surface area contributed by atoms with E-state index in [9.17, 15) is 13.2 Å². The van der Waals surface area contributed by atoms with Crippen molar-refractivity contribution in [3.63, 3.8) is 0 Å². The molecule has 1 aliphatic rings. The lowest BCUT2D eigenvalue weighted by Crippen LogP contribution is -2.33. The van der Waals surface area contributed by atoms with Crippen LogP contribution in [0.4, 0.5) is 13.2 Å². The number of benzene rings is 2. The molecule has 9 heteroatoms. The monoisotopic (exact) mass is 459 g/mol. The second kappa shape index (κ2) is 7.88. The number of rotatable bonds is 4. The Morgan fingerprint density at radius 1 is 1.12 bits per heavy atom. The van der Waals surface area contributed by atoms with Crippen molar-refractivity contribution in [1.82, 2.24) is 15.0 Å². The zero-order valence-corrected chi connectivity index (χ0v) is 18.3. The number of hydrogen-bond acceptors (Lipinski definition) is 6. The molecule has 0 amide bonds. The van der Waals surface area contributed by atoms with E-state index in [1.165, 1.54) is 24.5 Å². The van der Waals surface area contributed by atoms with E-state index in [4.69, 9.17) is 9.47 Å². The summed E-state index contributed by atoms with van der Waals surface area (Å²) in [5.41, 5.74) is 3.57. The first-order valence-electron chi connectivity index (χ1n) is 10.3. The van der Waals surface area contributed by atoms with Crippen LogP contribution >= 0.6 is 11.3 Å². The topological polar surface area (TPSA) is 57.1 Å². The van der Waals surface area contributed by atoms with Crippen LogP contribution < -0.4 is 9.47 Å². The number of halogens is 3. The van der Waals surface area contributed by atoms with Gasteiger partial charge in [-0.25, -0.2) is 28.1 Å². The maximum Gasteiger partial charge on any atom is 0.251 e. The number of thiazole rings is 1. The molecule has 0 unspecified atom stereocenters. The van der Waals surface area contributed by atoms with Crippen molar-refractivity contribution in [3.8, 4) is 22.2 Å². The molecule has 4 aromatic rings. The maximum absolute atomic E-state index is 14.7. The molecule has 2 aromatic carbocycles. The fourth-order valence-corrected chi connectivity index (χ4v) is 5.04. The van der Waals surface area contributed by atoms with Gasteiger partial charge in [0.25, 0.3) is 5.92 Å².